The quantitative estimate of drug-likeness (QED) is 0.365. The van der Waals surface area contributed by atoms with E-state index in [0.29, 0.717) is 16.4 Å². The van der Waals surface area contributed by atoms with Crippen molar-refractivity contribution >= 4 is 75.9 Å². The second-order valence-corrected chi connectivity index (χ2v) is 7.54. The Kier molecular flexibility index (Phi) is 4.97. The van der Waals surface area contributed by atoms with Crippen molar-refractivity contribution < 1.29 is 9.18 Å². The van der Waals surface area contributed by atoms with Crippen LogP contribution in [0, 0.1) is 5.82 Å². The van der Waals surface area contributed by atoms with Gasteiger partial charge in [-0.2, -0.15) is 0 Å². The first-order valence-corrected chi connectivity index (χ1v) is 9.59. The van der Waals surface area contributed by atoms with Crippen LogP contribution in [0.15, 0.2) is 36.8 Å². The number of aromatic nitrogens is 4. The number of benzene rings is 2. The molecule has 0 aliphatic heterocycles. The van der Waals surface area contributed by atoms with E-state index in [2.05, 4.69) is 20.5 Å². The number of amides is 1. The first-order valence-electron chi connectivity index (χ1n) is 9.59. The fourth-order valence-electron chi connectivity index (χ4n) is 3.62. The Bertz CT molecular complexity index is 1300. The molecule has 2 aromatic carbocycles. The molecule has 0 fully saturated rings. The topological polar surface area (TPSA) is 72.7 Å². The summed E-state index contributed by atoms with van der Waals surface area (Å²) in [5.74, 6) is -0.766. The number of anilines is 1. The van der Waals surface area contributed by atoms with Crippen molar-refractivity contribution in [1.29, 1.82) is 0 Å². The van der Waals surface area contributed by atoms with Crippen LogP contribution in [0.4, 0.5) is 10.2 Å². The number of halogens is 1. The number of nitrogens with zero attached hydrogens (tertiary/aromatic N) is 4. The second-order valence-electron chi connectivity index (χ2n) is 7.54. The van der Waals surface area contributed by atoms with E-state index in [1.807, 2.05) is 45.5 Å². The zero-order chi connectivity index (χ0) is 21.6. The third-order valence-electron chi connectivity index (χ3n) is 5.78. The Hall–Kier alpha value is -3.35. The van der Waals surface area contributed by atoms with E-state index >= 15 is 0 Å². The van der Waals surface area contributed by atoms with E-state index in [1.165, 1.54) is 0 Å². The standard InChI is InChI=1S/C19H18B4FN5O/c1-29-7-25-6-11(29)8-2-3-10-9(4-8)5-12(28-27-10)26-19(30)13-14(20)15(21)16(22)17(23)18(13)24/h2-7H,20-23H2,1H3,(H,26,28,30). The highest BCUT2D eigenvalue weighted by Crippen LogP contribution is 2.24. The van der Waals surface area contributed by atoms with Crippen molar-refractivity contribution in [2.75, 3.05) is 5.32 Å². The van der Waals surface area contributed by atoms with Crippen molar-refractivity contribution in [3.63, 3.8) is 0 Å². The van der Waals surface area contributed by atoms with Crippen molar-refractivity contribution in [2.24, 2.45) is 7.05 Å². The third kappa shape index (κ3) is 3.30. The number of hydrogen-bond donors (Lipinski definition) is 1. The van der Waals surface area contributed by atoms with Gasteiger partial charge in [-0.3, -0.25) is 4.79 Å². The van der Waals surface area contributed by atoms with Crippen LogP contribution in [0.2, 0.25) is 0 Å². The highest BCUT2D eigenvalue weighted by Gasteiger charge is 2.20. The van der Waals surface area contributed by atoms with Gasteiger partial charge in [0, 0.05) is 18.0 Å². The van der Waals surface area contributed by atoms with E-state index in [1.54, 1.807) is 34.3 Å². The fourth-order valence-corrected chi connectivity index (χ4v) is 3.62. The molecular formula is C19H18B4FN5O. The molecule has 0 saturated heterocycles. The predicted octanol–water partition coefficient (Wildman–Crippen LogP) is -3.54. The van der Waals surface area contributed by atoms with Gasteiger partial charge < -0.3 is 9.88 Å². The lowest BCUT2D eigenvalue weighted by molar-refractivity contribution is 0.102. The number of aryl methyl sites for hydroxylation is 1. The minimum atomic E-state index is -0.535. The predicted molar refractivity (Wildman–Crippen MR) is 129 cm³/mol. The summed E-state index contributed by atoms with van der Waals surface area (Å²) in [6.45, 7) is 0. The van der Waals surface area contributed by atoms with Crippen molar-refractivity contribution in [1.82, 2.24) is 19.7 Å². The number of carbonyl (C=O) groups excluding carboxylic acids is 1. The summed E-state index contributed by atoms with van der Waals surface area (Å²) < 4.78 is 16.8. The normalized spacial score (nSPS) is 11.0. The lowest BCUT2D eigenvalue weighted by Crippen LogP contribution is -2.52. The number of rotatable bonds is 3. The molecule has 6 nitrogen and oxygen atoms in total. The molecular weight excluding hydrogens is 376 g/mol. The SMILES string of the molecule is Bc1c(B)c(B)c(C(=O)Nc2cc3cc(-c4cncn4C)ccc3nn2)c(F)c1B. The lowest BCUT2D eigenvalue weighted by atomic mass is 9.65. The molecule has 30 heavy (non-hydrogen) atoms. The average molecular weight is 395 g/mol. The van der Waals surface area contributed by atoms with Gasteiger partial charge >= 0.3 is 0 Å². The van der Waals surface area contributed by atoms with E-state index in [0.717, 1.165) is 27.6 Å². The zero-order valence-electron chi connectivity index (χ0n) is 17.5. The molecule has 4 rings (SSSR count). The maximum Gasteiger partial charge on any atom is 0.259 e. The number of imidazole rings is 1. The Labute approximate surface area is 176 Å². The van der Waals surface area contributed by atoms with Gasteiger partial charge in [0.2, 0.25) is 0 Å². The molecule has 0 unspecified atom stereocenters. The van der Waals surface area contributed by atoms with Crippen LogP contribution >= 0.6 is 0 Å². The van der Waals surface area contributed by atoms with Crippen LogP contribution in [0.3, 0.4) is 0 Å². The van der Waals surface area contributed by atoms with Gasteiger partial charge in [0.05, 0.1) is 29.3 Å². The molecule has 0 saturated carbocycles. The van der Waals surface area contributed by atoms with Crippen LogP contribution in [0.25, 0.3) is 22.2 Å². The minimum Gasteiger partial charge on any atom is -0.334 e. The number of nitrogens with one attached hydrogen (secondary N) is 1. The molecule has 11 heteroatoms. The maximum atomic E-state index is 14.9. The van der Waals surface area contributed by atoms with E-state index in [4.69, 9.17) is 0 Å². The molecule has 1 N–H and O–H groups in total. The minimum absolute atomic E-state index is 0.0427. The van der Waals surface area contributed by atoms with Crippen LogP contribution < -0.4 is 27.2 Å². The summed E-state index contributed by atoms with van der Waals surface area (Å²) in [5, 5.41) is 11.8. The van der Waals surface area contributed by atoms with Gasteiger partial charge in [-0.25, -0.2) is 9.37 Å². The number of fused-ring (bicyclic) bond motifs is 1. The fraction of sp³-hybridized carbons (Fsp3) is 0.0526. The Morgan fingerprint density at radius 2 is 1.77 bits per heavy atom. The maximum absolute atomic E-state index is 14.9. The van der Waals surface area contributed by atoms with Gasteiger partial charge in [-0.05, 0) is 18.2 Å². The van der Waals surface area contributed by atoms with Crippen molar-refractivity contribution in [3.8, 4) is 11.3 Å². The molecule has 0 atom stereocenters. The molecule has 2 aromatic heterocycles. The third-order valence-corrected chi connectivity index (χ3v) is 5.78. The van der Waals surface area contributed by atoms with Gasteiger partial charge in [-0.1, -0.05) is 22.5 Å². The molecule has 1 amide bonds. The highest BCUT2D eigenvalue weighted by atomic mass is 19.1. The van der Waals surface area contributed by atoms with Gasteiger partial charge in [-0.15, -0.1) is 15.7 Å². The van der Waals surface area contributed by atoms with Crippen molar-refractivity contribution in [2.45, 2.75) is 0 Å². The molecule has 0 aliphatic carbocycles. The summed E-state index contributed by atoms with van der Waals surface area (Å²) >= 11 is 0. The number of hydrogen-bond acceptors (Lipinski definition) is 4. The molecule has 4 aromatic rings. The molecule has 0 radical (unpaired) electrons. The van der Waals surface area contributed by atoms with Crippen molar-refractivity contribution in [3.05, 3.63) is 48.2 Å². The molecule has 0 aliphatic rings. The summed E-state index contributed by atoms with van der Waals surface area (Å²) in [6, 6.07) is 7.51. The van der Waals surface area contributed by atoms with Crippen LogP contribution in [0.5, 0.6) is 0 Å². The van der Waals surface area contributed by atoms with E-state index in [-0.39, 0.29) is 11.4 Å². The zero-order valence-corrected chi connectivity index (χ0v) is 17.5. The summed E-state index contributed by atoms with van der Waals surface area (Å²) in [7, 11) is 9.11. The second kappa shape index (κ2) is 7.48. The largest absolute Gasteiger partial charge is 0.334 e. The Morgan fingerprint density at radius 3 is 2.47 bits per heavy atom. The first-order chi connectivity index (χ1) is 14.3. The number of carbonyl (C=O) groups is 1. The molecule has 0 spiro atoms. The van der Waals surface area contributed by atoms with Crippen LogP contribution in [0.1, 0.15) is 10.4 Å². The summed E-state index contributed by atoms with van der Waals surface area (Å²) in [6.07, 6.45) is 3.52. The monoisotopic (exact) mass is 395 g/mol. The van der Waals surface area contributed by atoms with Gasteiger partial charge in [0.25, 0.3) is 5.91 Å². The van der Waals surface area contributed by atoms with E-state index in [9.17, 15) is 9.18 Å². The summed E-state index contributed by atoms with van der Waals surface area (Å²) in [4.78, 5) is 17.0. The highest BCUT2D eigenvalue weighted by molar-refractivity contribution is 6.63. The molecule has 2 heterocycles. The van der Waals surface area contributed by atoms with Crippen LogP contribution in [-0.4, -0.2) is 57.0 Å². The molecule has 0 bridgehead atoms. The van der Waals surface area contributed by atoms with Crippen LogP contribution in [-0.2, 0) is 7.05 Å². The van der Waals surface area contributed by atoms with Gasteiger partial charge in [0.15, 0.2) is 5.82 Å². The molecule has 144 valence electrons. The van der Waals surface area contributed by atoms with Gasteiger partial charge in [0.1, 0.15) is 37.2 Å². The smallest absolute Gasteiger partial charge is 0.259 e. The average Bonchev–Trinajstić information content (AvgIpc) is 3.16. The lowest BCUT2D eigenvalue weighted by Gasteiger charge is -2.16. The van der Waals surface area contributed by atoms with E-state index < -0.39 is 11.7 Å². The Morgan fingerprint density at radius 1 is 1.03 bits per heavy atom. The Balaban J connectivity index is 1.71. The summed E-state index contributed by atoms with van der Waals surface area (Å²) in [5.41, 5.74) is 5.54. The first kappa shape index (κ1) is 19.9.